The summed E-state index contributed by atoms with van der Waals surface area (Å²) < 4.78 is 27.0. The first-order valence-electron chi connectivity index (χ1n) is 4.46. The van der Waals surface area contributed by atoms with E-state index in [0.717, 1.165) is 12.8 Å². The van der Waals surface area contributed by atoms with Crippen molar-refractivity contribution >= 4 is 10.1 Å². The number of hydrogen-bond acceptors (Lipinski definition) is 3. The lowest BCUT2D eigenvalue weighted by Gasteiger charge is -2.30. The average molecular weight is 192 g/mol. The average Bonchev–Trinajstić information content (AvgIpc) is 1.82. The standard InChI is InChI=1S/C8H16O3S/c1-3-12(9,10)11-7(2)8-5-4-6-8/h7-8H,3-6H2,1-2H3. The molecular weight excluding hydrogens is 176 g/mol. The molecule has 0 aromatic carbocycles. The van der Waals surface area contributed by atoms with Crippen LogP contribution in [0.1, 0.15) is 33.1 Å². The third kappa shape index (κ3) is 2.45. The summed E-state index contributed by atoms with van der Waals surface area (Å²) in [7, 11) is -3.24. The van der Waals surface area contributed by atoms with Crippen LogP contribution in [0.5, 0.6) is 0 Å². The molecule has 1 atom stereocenters. The van der Waals surface area contributed by atoms with Gasteiger partial charge in [-0.3, -0.25) is 4.18 Å². The van der Waals surface area contributed by atoms with E-state index in [1.807, 2.05) is 6.92 Å². The highest BCUT2D eigenvalue weighted by Crippen LogP contribution is 2.31. The fourth-order valence-corrected chi connectivity index (χ4v) is 2.04. The summed E-state index contributed by atoms with van der Waals surface area (Å²) >= 11 is 0. The van der Waals surface area contributed by atoms with E-state index in [4.69, 9.17) is 4.18 Å². The Bertz CT molecular complexity index is 229. The molecule has 12 heavy (non-hydrogen) atoms. The highest BCUT2D eigenvalue weighted by atomic mass is 32.2. The van der Waals surface area contributed by atoms with Crippen LogP contribution >= 0.6 is 0 Å². The fourth-order valence-electron chi connectivity index (χ4n) is 1.29. The summed E-state index contributed by atoms with van der Waals surface area (Å²) in [6.07, 6.45) is 3.31. The third-order valence-corrected chi connectivity index (χ3v) is 3.77. The van der Waals surface area contributed by atoms with Crippen molar-refractivity contribution < 1.29 is 12.6 Å². The van der Waals surface area contributed by atoms with Crippen LogP contribution in [0.15, 0.2) is 0 Å². The van der Waals surface area contributed by atoms with E-state index in [0.29, 0.717) is 5.92 Å². The highest BCUT2D eigenvalue weighted by molar-refractivity contribution is 7.86. The van der Waals surface area contributed by atoms with E-state index in [1.54, 1.807) is 6.92 Å². The van der Waals surface area contributed by atoms with E-state index >= 15 is 0 Å². The zero-order chi connectivity index (χ0) is 9.19. The molecule has 0 heterocycles. The van der Waals surface area contributed by atoms with Crippen molar-refractivity contribution in [3.05, 3.63) is 0 Å². The smallest absolute Gasteiger partial charge is 0.267 e. The summed E-state index contributed by atoms with van der Waals surface area (Å²) in [5, 5.41) is 0. The largest absolute Gasteiger partial charge is 0.267 e. The second-order valence-corrected chi connectivity index (χ2v) is 5.22. The zero-order valence-electron chi connectivity index (χ0n) is 7.62. The maximum Gasteiger partial charge on any atom is 0.267 e. The predicted octanol–water partition coefficient (Wildman–Crippen LogP) is 1.54. The number of rotatable bonds is 4. The molecule has 0 N–H and O–H groups in total. The van der Waals surface area contributed by atoms with Crippen LogP contribution < -0.4 is 0 Å². The van der Waals surface area contributed by atoms with Gasteiger partial charge in [-0.2, -0.15) is 8.42 Å². The van der Waals surface area contributed by atoms with E-state index in [9.17, 15) is 8.42 Å². The van der Waals surface area contributed by atoms with Gasteiger partial charge >= 0.3 is 0 Å². The molecule has 4 heteroatoms. The van der Waals surface area contributed by atoms with Crippen molar-refractivity contribution in [2.75, 3.05) is 5.75 Å². The molecule has 1 aliphatic rings. The minimum atomic E-state index is -3.24. The molecular formula is C8H16O3S. The Morgan fingerprint density at radius 2 is 2.08 bits per heavy atom. The van der Waals surface area contributed by atoms with Gasteiger partial charge in [0, 0.05) is 0 Å². The maximum absolute atomic E-state index is 11.0. The Morgan fingerprint density at radius 1 is 1.50 bits per heavy atom. The van der Waals surface area contributed by atoms with E-state index in [1.165, 1.54) is 6.42 Å². The normalized spacial score (nSPS) is 21.8. The van der Waals surface area contributed by atoms with E-state index < -0.39 is 10.1 Å². The van der Waals surface area contributed by atoms with Gasteiger partial charge in [0.05, 0.1) is 11.9 Å². The van der Waals surface area contributed by atoms with Crippen LogP contribution in [0.2, 0.25) is 0 Å². The Kier molecular flexibility index (Phi) is 3.12. The van der Waals surface area contributed by atoms with Crippen molar-refractivity contribution in [3.8, 4) is 0 Å². The van der Waals surface area contributed by atoms with Gasteiger partial charge < -0.3 is 0 Å². The van der Waals surface area contributed by atoms with Gasteiger partial charge in [-0.25, -0.2) is 0 Å². The molecule has 1 saturated carbocycles. The first kappa shape index (κ1) is 9.99. The molecule has 1 fully saturated rings. The second kappa shape index (κ2) is 3.75. The molecule has 0 aromatic rings. The van der Waals surface area contributed by atoms with E-state index in [-0.39, 0.29) is 11.9 Å². The molecule has 3 nitrogen and oxygen atoms in total. The molecule has 1 unspecified atom stereocenters. The quantitative estimate of drug-likeness (QED) is 0.635. The summed E-state index contributed by atoms with van der Waals surface area (Å²) in [6, 6.07) is 0. The molecule has 0 bridgehead atoms. The summed E-state index contributed by atoms with van der Waals surface area (Å²) in [5.41, 5.74) is 0. The topological polar surface area (TPSA) is 43.4 Å². The molecule has 0 spiro atoms. The first-order chi connectivity index (χ1) is 5.55. The molecule has 0 saturated heterocycles. The monoisotopic (exact) mass is 192 g/mol. The number of hydrogen-bond donors (Lipinski definition) is 0. The lowest BCUT2D eigenvalue weighted by molar-refractivity contribution is 0.105. The van der Waals surface area contributed by atoms with Gasteiger partial charge in [-0.05, 0) is 32.6 Å². The summed E-state index contributed by atoms with van der Waals surface area (Å²) in [6.45, 7) is 3.44. The van der Waals surface area contributed by atoms with Gasteiger partial charge in [-0.15, -0.1) is 0 Å². The summed E-state index contributed by atoms with van der Waals surface area (Å²) in [5.74, 6) is 0.538. The molecule has 1 aliphatic carbocycles. The fraction of sp³-hybridized carbons (Fsp3) is 1.00. The van der Waals surface area contributed by atoms with Gasteiger partial charge in [0.25, 0.3) is 10.1 Å². The zero-order valence-corrected chi connectivity index (χ0v) is 8.43. The lowest BCUT2D eigenvalue weighted by Crippen LogP contribution is -2.29. The van der Waals surface area contributed by atoms with Crippen LogP contribution in [0.4, 0.5) is 0 Å². The minimum Gasteiger partial charge on any atom is -0.267 e. The van der Waals surface area contributed by atoms with Crippen molar-refractivity contribution in [2.45, 2.75) is 39.2 Å². The van der Waals surface area contributed by atoms with Gasteiger partial charge in [0.1, 0.15) is 0 Å². The molecule has 0 aromatic heterocycles. The minimum absolute atomic E-state index is 0.0735. The van der Waals surface area contributed by atoms with Crippen LogP contribution in [-0.4, -0.2) is 20.3 Å². The Morgan fingerprint density at radius 3 is 2.42 bits per heavy atom. The third-order valence-electron chi connectivity index (χ3n) is 2.47. The van der Waals surface area contributed by atoms with Crippen molar-refractivity contribution in [2.24, 2.45) is 5.92 Å². The Balaban J connectivity index is 2.39. The lowest BCUT2D eigenvalue weighted by atomic mass is 9.82. The van der Waals surface area contributed by atoms with Gasteiger partial charge in [0.2, 0.25) is 0 Å². The predicted molar refractivity (Wildman–Crippen MR) is 47.3 cm³/mol. The highest BCUT2D eigenvalue weighted by Gasteiger charge is 2.27. The molecule has 1 rings (SSSR count). The Labute approximate surface area is 74.2 Å². The van der Waals surface area contributed by atoms with E-state index in [2.05, 4.69) is 0 Å². The van der Waals surface area contributed by atoms with Crippen LogP contribution in [0, 0.1) is 5.92 Å². The van der Waals surface area contributed by atoms with Gasteiger partial charge in [-0.1, -0.05) is 6.42 Å². The summed E-state index contributed by atoms with van der Waals surface area (Å²) in [4.78, 5) is 0. The van der Waals surface area contributed by atoms with Crippen molar-refractivity contribution in [1.29, 1.82) is 0 Å². The van der Waals surface area contributed by atoms with Crippen LogP contribution in [0.3, 0.4) is 0 Å². The van der Waals surface area contributed by atoms with Crippen molar-refractivity contribution in [1.82, 2.24) is 0 Å². The molecule has 0 amide bonds. The second-order valence-electron chi connectivity index (χ2n) is 3.34. The van der Waals surface area contributed by atoms with Crippen molar-refractivity contribution in [3.63, 3.8) is 0 Å². The van der Waals surface area contributed by atoms with Crippen LogP contribution in [0.25, 0.3) is 0 Å². The first-order valence-corrected chi connectivity index (χ1v) is 6.04. The SMILES string of the molecule is CCS(=O)(=O)OC(C)C1CCC1. The maximum atomic E-state index is 11.0. The molecule has 0 aliphatic heterocycles. The van der Waals surface area contributed by atoms with Crippen LogP contribution in [-0.2, 0) is 14.3 Å². The molecule has 0 radical (unpaired) electrons. The Hall–Kier alpha value is -0.0900. The van der Waals surface area contributed by atoms with Gasteiger partial charge in [0.15, 0.2) is 0 Å². The molecule has 72 valence electrons.